The second-order valence-electron chi connectivity index (χ2n) is 3.08. The molecule has 0 saturated carbocycles. The van der Waals surface area contributed by atoms with Gasteiger partial charge < -0.3 is 14.2 Å². The van der Waals surface area contributed by atoms with Gasteiger partial charge in [0.1, 0.15) is 5.88 Å². The Kier molecular flexibility index (Phi) is 6.76. The van der Waals surface area contributed by atoms with Crippen LogP contribution in [0.15, 0.2) is 12.2 Å². The van der Waals surface area contributed by atoms with Crippen molar-refractivity contribution in [2.45, 2.75) is 33.4 Å². The summed E-state index contributed by atoms with van der Waals surface area (Å²) >= 11 is 5.23. The molecule has 0 aromatic heterocycles. The molecule has 0 saturated heterocycles. The Balaban J connectivity index is 3.95. The van der Waals surface area contributed by atoms with Crippen molar-refractivity contribution in [3.8, 4) is 0 Å². The maximum absolute atomic E-state index is 11.1. The second-order valence-corrected chi connectivity index (χ2v) is 3.35. The minimum Gasteiger partial charge on any atom is -0.435 e. The molecule has 0 amide bonds. The molecule has 0 aromatic rings. The predicted octanol–water partition coefficient (Wildman–Crippen LogP) is 1.60. The molecule has 6 heteroatoms. The van der Waals surface area contributed by atoms with Crippen LogP contribution >= 0.6 is 11.6 Å². The van der Waals surface area contributed by atoms with Gasteiger partial charge in [-0.2, -0.15) is 0 Å². The van der Waals surface area contributed by atoms with Crippen molar-refractivity contribution in [2.24, 2.45) is 0 Å². The average molecular weight is 251 g/mol. The number of carbonyl (C=O) groups excluding carboxylic acids is 2. The SMILES string of the molecule is C=C(C)C(=O)OC(C)OC(C)OC(=O)CCl. The quantitative estimate of drug-likeness (QED) is 0.310. The summed E-state index contributed by atoms with van der Waals surface area (Å²) in [5.74, 6) is -1.43. The van der Waals surface area contributed by atoms with Crippen LogP contribution < -0.4 is 0 Å². The van der Waals surface area contributed by atoms with E-state index in [9.17, 15) is 9.59 Å². The molecule has 0 aliphatic rings. The fourth-order valence-corrected chi connectivity index (χ4v) is 0.856. The van der Waals surface area contributed by atoms with Crippen LogP contribution in [0, 0.1) is 0 Å². The topological polar surface area (TPSA) is 61.8 Å². The first-order valence-electron chi connectivity index (χ1n) is 4.64. The standard InChI is InChI=1S/C10H15ClO5/c1-6(2)10(13)16-8(4)14-7(3)15-9(12)5-11/h7-8H,1,5H2,2-4H3. The van der Waals surface area contributed by atoms with Gasteiger partial charge in [0.05, 0.1) is 0 Å². The third-order valence-electron chi connectivity index (χ3n) is 1.41. The zero-order chi connectivity index (χ0) is 12.7. The van der Waals surface area contributed by atoms with Gasteiger partial charge in [-0.1, -0.05) is 6.58 Å². The Hall–Kier alpha value is -1.07. The molecule has 5 nitrogen and oxygen atoms in total. The first-order valence-corrected chi connectivity index (χ1v) is 5.17. The molecule has 92 valence electrons. The van der Waals surface area contributed by atoms with E-state index in [-0.39, 0.29) is 11.5 Å². The molecule has 16 heavy (non-hydrogen) atoms. The summed E-state index contributed by atoms with van der Waals surface area (Å²) in [6.45, 7) is 7.94. The van der Waals surface area contributed by atoms with Crippen LogP contribution in [0.5, 0.6) is 0 Å². The van der Waals surface area contributed by atoms with Crippen LogP contribution in [-0.2, 0) is 23.8 Å². The number of esters is 2. The van der Waals surface area contributed by atoms with E-state index in [0.717, 1.165) is 0 Å². The molecule has 0 spiro atoms. The fourth-order valence-electron chi connectivity index (χ4n) is 0.793. The smallest absolute Gasteiger partial charge is 0.335 e. The van der Waals surface area contributed by atoms with Gasteiger partial charge in [-0.3, -0.25) is 4.79 Å². The fraction of sp³-hybridized carbons (Fsp3) is 0.600. The van der Waals surface area contributed by atoms with Gasteiger partial charge in [-0.05, 0) is 20.8 Å². The van der Waals surface area contributed by atoms with E-state index in [2.05, 4.69) is 6.58 Å². The summed E-state index contributed by atoms with van der Waals surface area (Å²) in [4.78, 5) is 21.9. The minimum atomic E-state index is -0.834. The first-order chi connectivity index (χ1) is 7.36. The van der Waals surface area contributed by atoms with Crippen molar-refractivity contribution in [2.75, 3.05) is 5.88 Å². The molecule has 0 aliphatic heterocycles. The number of ether oxygens (including phenoxy) is 3. The van der Waals surface area contributed by atoms with Crippen LogP contribution in [-0.4, -0.2) is 30.4 Å². The van der Waals surface area contributed by atoms with Gasteiger partial charge in [0.25, 0.3) is 0 Å². The van der Waals surface area contributed by atoms with Crippen molar-refractivity contribution >= 4 is 23.5 Å². The Labute approximate surface area is 99.3 Å². The van der Waals surface area contributed by atoms with Crippen LogP contribution in [0.1, 0.15) is 20.8 Å². The lowest BCUT2D eigenvalue weighted by Crippen LogP contribution is -2.27. The van der Waals surface area contributed by atoms with Gasteiger partial charge in [-0.25, -0.2) is 4.79 Å². The highest BCUT2D eigenvalue weighted by Gasteiger charge is 2.16. The number of halogens is 1. The zero-order valence-corrected chi connectivity index (χ0v) is 10.2. The third-order valence-corrected chi connectivity index (χ3v) is 1.63. The van der Waals surface area contributed by atoms with Crippen molar-refractivity contribution in [3.05, 3.63) is 12.2 Å². The normalized spacial score (nSPS) is 13.8. The predicted molar refractivity (Wildman–Crippen MR) is 57.7 cm³/mol. The largest absolute Gasteiger partial charge is 0.435 e. The van der Waals surface area contributed by atoms with Gasteiger partial charge in [-0.15, -0.1) is 11.6 Å². The van der Waals surface area contributed by atoms with Crippen LogP contribution in [0.25, 0.3) is 0 Å². The van der Waals surface area contributed by atoms with Crippen molar-refractivity contribution in [1.29, 1.82) is 0 Å². The molecule has 0 bridgehead atoms. The van der Waals surface area contributed by atoms with E-state index in [4.69, 9.17) is 25.8 Å². The molecule has 0 aliphatic carbocycles. The number of hydrogen-bond donors (Lipinski definition) is 0. The van der Waals surface area contributed by atoms with Gasteiger partial charge in [0.15, 0.2) is 0 Å². The number of carbonyl (C=O) groups is 2. The Bertz CT molecular complexity index is 276. The second kappa shape index (κ2) is 7.24. The lowest BCUT2D eigenvalue weighted by Gasteiger charge is -2.19. The minimum absolute atomic E-state index is 0.256. The van der Waals surface area contributed by atoms with E-state index in [1.165, 1.54) is 20.8 Å². The number of rotatable bonds is 6. The van der Waals surface area contributed by atoms with Crippen molar-refractivity contribution < 1.29 is 23.8 Å². The summed E-state index contributed by atoms with van der Waals surface area (Å²) in [6.07, 6.45) is -1.67. The van der Waals surface area contributed by atoms with E-state index < -0.39 is 24.5 Å². The molecule has 0 fully saturated rings. The summed E-state index contributed by atoms with van der Waals surface area (Å²) in [6, 6.07) is 0. The Morgan fingerprint density at radius 1 is 1.25 bits per heavy atom. The Morgan fingerprint density at radius 2 is 1.75 bits per heavy atom. The van der Waals surface area contributed by atoms with Gasteiger partial charge in [0, 0.05) is 5.57 Å². The van der Waals surface area contributed by atoms with Gasteiger partial charge in [0.2, 0.25) is 12.6 Å². The van der Waals surface area contributed by atoms with E-state index in [1.54, 1.807) is 0 Å². The number of hydrogen-bond acceptors (Lipinski definition) is 5. The van der Waals surface area contributed by atoms with E-state index >= 15 is 0 Å². The first kappa shape index (κ1) is 14.9. The van der Waals surface area contributed by atoms with Crippen molar-refractivity contribution in [1.82, 2.24) is 0 Å². The molecule has 0 N–H and O–H groups in total. The molecule has 0 aromatic carbocycles. The molecule has 0 rings (SSSR count). The van der Waals surface area contributed by atoms with E-state index in [0.29, 0.717) is 0 Å². The van der Waals surface area contributed by atoms with Crippen LogP contribution in [0.2, 0.25) is 0 Å². The Morgan fingerprint density at radius 3 is 2.19 bits per heavy atom. The van der Waals surface area contributed by atoms with E-state index in [1.807, 2.05) is 0 Å². The monoisotopic (exact) mass is 250 g/mol. The zero-order valence-electron chi connectivity index (χ0n) is 9.49. The van der Waals surface area contributed by atoms with Crippen molar-refractivity contribution in [3.63, 3.8) is 0 Å². The highest BCUT2D eigenvalue weighted by molar-refractivity contribution is 6.26. The van der Waals surface area contributed by atoms with Crippen LogP contribution in [0.3, 0.4) is 0 Å². The highest BCUT2D eigenvalue weighted by atomic mass is 35.5. The molecule has 0 radical (unpaired) electrons. The molecular formula is C10H15ClO5. The highest BCUT2D eigenvalue weighted by Crippen LogP contribution is 2.05. The lowest BCUT2D eigenvalue weighted by molar-refractivity contribution is -0.224. The average Bonchev–Trinajstić information content (AvgIpc) is 2.16. The third kappa shape index (κ3) is 6.42. The molecule has 2 atom stereocenters. The maximum atomic E-state index is 11.1. The molecule has 2 unspecified atom stereocenters. The summed E-state index contributed by atoms with van der Waals surface area (Å²) in [5, 5.41) is 0. The molecule has 0 heterocycles. The lowest BCUT2D eigenvalue weighted by atomic mass is 10.4. The summed E-state index contributed by atoms with van der Waals surface area (Å²) < 4.78 is 14.6. The number of alkyl halides is 1. The van der Waals surface area contributed by atoms with Crippen LogP contribution in [0.4, 0.5) is 0 Å². The van der Waals surface area contributed by atoms with Gasteiger partial charge >= 0.3 is 11.9 Å². The summed E-state index contributed by atoms with van der Waals surface area (Å²) in [7, 11) is 0. The summed E-state index contributed by atoms with van der Waals surface area (Å²) in [5.41, 5.74) is 0.265. The molecular weight excluding hydrogens is 236 g/mol. The maximum Gasteiger partial charge on any atom is 0.335 e.